The molecule has 0 fully saturated rings. The molecule has 0 aliphatic heterocycles. The predicted octanol–water partition coefficient (Wildman–Crippen LogP) is 3.84. The third-order valence-electron chi connectivity index (χ3n) is 3.02. The van der Waals surface area contributed by atoms with Crippen LogP contribution in [0.1, 0.15) is 0 Å². The van der Waals surface area contributed by atoms with Crippen LogP contribution in [0.25, 0.3) is 10.9 Å². The molecule has 3 rings (SSSR count). The summed E-state index contributed by atoms with van der Waals surface area (Å²) < 4.78 is 5.49. The Morgan fingerprint density at radius 2 is 1.95 bits per heavy atom. The fourth-order valence-corrected chi connectivity index (χ4v) is 2.13. The molecular weight excluding hydrogens is 288 g/mol. The first kappa shape index (κ1) is 13.5. The SMILES string of the molecule is O=C(COc1ccc2[nH]ccc2c1)Nc1ccc(Cl)cc1. The van der Waals surface area contributed by atoms with Gasteiger partial charge < -0.3 is 15.0 Å². The van der Waals surface area contributed by atoms with Gasteiger partial charge in [0.2, 0.25) is 0 Å². The van der Waals surface area contributed by atoms with Crippen molar-refractivity contribution >= 4 is 34.1 Å². The van der Waals surface area contributed by atoms with E-state index in [9.17, 15) is 4.79 Å². The Hall–Kier alpha value is -2.46. The Balaban J connectivity index is 1.58. The summed E-state index contributed by atoms with van der Waals surface area (Å²) in [6, 6.07) is 14.5. The lowest BCUT2D eigenvalue weighted by Crippen LogP contribution is -2.20. The Bertz CT molecular complexity index is 765. The van der Waals surface area contributed by atoms with Crippen molar-refractivity contribution in [3.63, 3.8) is 0 Å². The lowest BCUT2D eigenvalue weighted by molar-refractivity contribution is -0.118. The fraction of sp³-hybridized carbons (Fsp3) is 0.0625. The number of carbonyl (C=O) groups is 1. The molecule has 1 aromatic heterocycles. The van der Waals surface area contributed by atoms with Gasteiger partial charge in [-0.2, -0.15) is 0 Å². The van der Waals surface area contributed by atoms with E-state index in [4.69, 9.17) is 16.3 Å². The molecule has 5 heteroatoms. The largest absolute Gasteiger partial charge is 0.484 e. The summed E-state index contributed by atoms with van der Waals surface area (Å²) in [5.41, 5.74) is 1.72. The maximum atomic E-state index is 11.8. The second kappa shape index (κ2) is 5.89. The first-order chi connectivity index (χ1) is 10.2. The normalized spacial score (nSPS) is 10.5. The number of halogens is 1. The maximum Gasteiger partial charge on any atom is 0.262 e. The van der Waals surface area contributed by atoms with E-state index >= 15 is 0 Å². The maximum absolute atomic E-state index is 11.8. The van der Waals surface area contributed by atoms with Crippen LogP contribution >= 0.6 is 11.6 Å². The van der Waals surface area contributed by atoms with Gasteiger partial charge in [-0.15, -0.1) is 0 Å². The van der Waals surface area contributed by atoms with Crippen molar-refractivity contribution < 1.29 is 9.53 Å². The summed E-state index contributed by atoms with van der Waals surface area (Å²) >= 11 is 5.79. The Morgan fingerprint density at radius 3 is 2.76 bits per heavy atom. The first-order valence-electron chi connectivity index (χ1n) is 6.46. The summed E-state index contributed by atoms with van der Waals surface area (Å²) in [5.74, 6) is 0.444. The molecule has 21 heavy (non-hydrogen) atoms. The van der Waals surface area contributed by atoms with Crippen molar-refractivity contribution in [2.24, 2.45) is 0 Å². The molecule has 1 amide bonds. The van der Waals surface area contributed by atoms with Gasteiger partial charge in [0.1, 0.15) is 5.75 Å². The minimum absolute atomic E-state index is 0.0431. The van der Waals surface area contributed by atoms with E-state index in [1.807, 2.05) is 30.5 Å². The number of H-pyrrole nitrogens is 1. The number of fused-ring (bicyclic) bond motifs is 1. The molecule has 2 N–H and O–H groups in total. The van der Waals surface area contributed by atoms with Gasteiger partial charge in [-0.25, -0.2) is 0 Å². The summed E-state index contributed by atoms with van der Waals surface area (Å²) in [7, 11) is 0. The highest BCUT2D eigenvalue weighted by Crippen LogP contribution is 2.19. The lowest BCUT2D eigenvalue weighted by atomic mass is 10.2. The molecular formula is C16H13ClN2O2. The highest BCUT2D eigenvalue weighted by Gasteiger charge is 2.04. The Morgan fingerprint density at radius 1 is 1.14 bits per heavy atom. The summed E-state index contributed by atoms with van der Waals surface area (Å²) in [6.45, 7) is -0.0431. The zero-order valence-corrected chi connectivity index (χ0v) is 11.9. The van der Waals surface area contributed by atoms with Gasteiger partial charge in [0.25, 0.3) is 5.91 Å². The van der Waals surface area contributed by atoms with E-state index in [0.717, 1.165) is 10.9 Å². The standard InChI is InChI=1S/C16H13ClN2O2/c17-12-1-3-13(4-2-12)19-16(20)10-21-14-5-6-15-11(9-14)7-8-18-15/h1-9,18H,10H2,(H,19,20). The van der Waals surface area contributed by atoms with Crippen LogP contribution in [0, 0.1) is 0 Å². The van der Waals surface area contributed by atoms with Gasteiger partial charge >= 0.3 is 0 Å². The van der Waals surface area contributed by atoms with Crippen LogP contribution in [0.2, 0.25) is 5.02 Å². The first-order valence-corrected chi connectivity index (χ1v) is 6.84. The molecule has 0 atom stereocenters. The van der Waals surface area contributed by atoms with E-state index < -0.39 is 0 Å². The molecule has 1 heterocycles. The highest BCUT2D eigenvalue weighted by molar-refractivity contribution is 6.30. The molecule has 0 unspecified atom stereocenters. The average Bonchev–Trinajstić information content (AvgIpc) is 2.95. The molecule has 4 nitrogen and oxygen atoms in total. The van der Waals surface area contributed by atoms with E-state index in [2.05, 4.69) is 10.3 Å². The fourth-order valence-electron chi connectivity index (χ4n) is 2.00. The summed E-state index contributed by atoms with van der Waals surface area (Å²) in [4.78, 5) is 14.9. The van der Waals surface area contributed by atoms with E-state index in [-0.39, 0.29) is 12.5 Å². The number of aromatic amines is 1. The smallest absolute Gasteiger partial charge is 0.262 e. The second-order valence-corrected chi connectivity index (χ2v) is 5.01. The quantitative estimate of drug-likeness (QED) is 0.769. The lowest BCUT2D eigenvalue weighted by Gasteiger charge is -2.07. The zero-order chi connectivity index (χ0) is 14.7. The van der Waals surface area contributed by atoms with Crippen LogP contribution in [0.4, 0.5) is 5.69 Å². The van der Waals surface area contributed by atoms with Gasteiger partial charge in [0.05, 0.1) is 0 Å². The number of rotatable bonds is 4. The van der Waals surface area contributed by atoms with Crippen LogP contribution in [-0.4, -0.2) is 17.5 Å². The monoisotopic (exact) mass is 300 g/mol. The number of aromatic nitrogens is 1. The summed E-state index contributed by atoms with van der Waals surface area (Å²) in [6.07, 6.45) is 1.86. The minimum Gasteiger partial charge on any atom is -0.484 e. The van der Waals surface area contributed by atoms with Crippen LogP contribution in [-0.2, 0) is 4.79 Å². The number of amides is 1. The molecule has 2 aromatic carbocycles. The van der Waals surface area contributed by atoms with Crippen molar-refractivity contribution in [3.05, 3.63) is 59.8 Å². The van der Waals surface area contributed by atoms with Crippen molar-refractivity contribution in [2.75, 3.05) is 11.9 Å². The van der Waals surface area contributed by atoms with Crippen LogP contribution in [0.5, 0.6) is 5.75 Å². The average molecular weight is 301 g/mol. The number of hydrogen-bond donors (Lipinski definition) is 2. The summed E-state index contributed by atoms with van der Waals surface area (Å²) in [5, 5.41) is 4.42. The zero-order valence-electron chi connectivity index (χ0n) is 11.1. The van der Waals surface area contributed by atoms with Gasteiger partial charge in [0, 0.05) is 27.8 Å². The predicted molar refractivity (Wildman–Crippen MR) is 83.9 cm³/mol. The van der Waals surface area contributed by atoms with E-state index in [1.54, 1.807) is 24.3 Å². The van der Waals surface area contributed by atoms with Gasteiger partial charge in [-0.1, -0.05) is 11.6 Å². The number of carbonyl (C=O) groups excluding carboxylic acids is 1. The molecule has 0 spiro atoms. The van der Waals surface area contributed by atoms with E-state index in [0.29, 0.717) is 16.5 Å². The third-order valence-corrected chi connectivity index (χ3v) is 3.27. The topological polar surface area (TPSA) is 54.1 Å². The number of benzene rings is 2. The van der Waals surface area contributed by atoms with Crippen LogP contribution < -0.4 is 10.1 Å². The molecule has 0 aliphatic carbocycles. The van der Waals surface area contributed by atoms with Crippen LogP contribution in [0.3, 0.4) is 0 Å². The molecule has 0 bridgehead atoms. The Labute approximate surface area is 126 Å². The third kappa shape index (κ3) is 3.35. The van der Waals surface area contributed by atoms with E-state index in [1.165, 1.54) is 0 Å². The number of nitrogens with one attached hydrogen (secondary N) is 2. The molecule has 3 aromatic rings. The minimum atomic E-state index is -0.216. The van der Waals surface area contributed by atoms with Gasteiger partial charge in [0.15, 0.2) is 6.61 Å². The number of ether oxygens (including phenoxy) is 1. The Kier molecular flexibility index (Phi) is 3.79. The van der Waals surface area contributed by atoms with Crippen molar-refractivity contribution in [3.8, 4) is 5.75 Å². The van der Waals surface area contributed by atoms with Gasteiger partial charge in [-0.3, -0.25) is 4.79 Å². The molecule has 106 valence electrons. The molecule has 0 saturated carbocycles. The van der Waals surface area contributed by atoms with Crippen molar-refractivity contribution in [1.82, 2.24) is 4.98 Å². The molecule has 0 saturated heterocycles. The number of hydrogen-bond acceptors (Lipinski definition) is 2. The van der Waals surface area contributed by atoms with Crippen LogP contribution in [0.15, 0.2) is 54.7 Å². The van der Waals surface area contributed by atoms with Crippen molar-refractivity contribution in [1.29, 1.82) is 0 Å². The van der Waals surface area contributed by atoms with Crippen molar-refractivity contribution in [2.45, 2.75) is 0 Å². The second-order valence-electron chi connectivity index (χ2n) is 4.57. The number of anilines is 1. The molecule has 0 aliphatic rings. The highest BCUT2D eigenvalue weighted by atomic mass is 35.5. The van der Waals surface area contributed by atoms with Gasteiger partial charge in [-0.05, 0) is 48.5 Å². The molecule has 0 radical (unpaired) electrons.